The van der Waals surface area contributed by atoms with Gasteiger partial charge in [0.25, 0.3) is 0 Å². The van der Waals surface area contributed by atoms with Crippen LogP contribution in [0.2, 0.25) is 0 Å². The second-order valence-electron chi connectivity index (χ2n) is 3.78. The minimum Gasteiger partial charge on any atom is -0.458 e. The molecule has 0 saturated carbocycles. The molecule has 2 rings (SSSR count). The summed E-state index contributed by atoms with van der Waals surface area (Å²) >= 11 is 0. The van der Waals surface area contributed by atoms with Crippen molar-refractivity contribution in [1.29, 1.82) is 0 Å². The summed E-state index contributed by atoms with van der Waals surface area (Å²) in [6.45, 7) is 0.204. The van der Waals surface area contributed by atoms with Crippen molar-refractivity contribution in [2.45, 2.75) is 6.18 Å². The lowest BCUT2D eigenvalue weighted by Gasteiger charge is -2.05. The van der Waals surface area contributed by atoms with Gasteiger partial charge in [-0.05, 0) is 23.3 Å². The SMILES string of the molecule is O=C1C=C(/C=C/c2ccc(C(F)(F)F)cc2)CO1. The van der Waals surface area contributed by atoms with Crippen LogP contribution in [0.15, 0.2) is 42.0 Å². The Bertz CT molecular complexity index is 510. The molecule has 0 spiro atoms. The first-order chi connectivity index (χ1) is 8.45. The Morgan fingerprint density at radius 3 is 2.28 bits per heavy atom. The van der Waals surface area contributed by atoms with Gasteiger partial charge in [0.2, 0.25) is 0 Å². The van der Waals surface area contributed by atoms with Crippen LogP contribution in [-0.4, -0.2) is 12.6 Å². The number of carbonyl (C=O) groups is 1. The Labute approximate surface area is 101 Å². The number of hydrogen-bond acceptors (Lipinski definition) is 2. The second-order valence-corrected chi connectivity index (χ2v) is 3.78. The van der Waals surface area contributed by atoms with Gasteiger partial charge in [-0.25, -0.2) is 4.79 Å². The fraction of sp³-hybridized carbons (Fsp3) is 0.154. The summed E-state index contributed by atoms with van der Waals surface area (Å²) in [7, 11) is 0. The highest BCUT2D eigenvalue weighted by Crippen LogP contribution is 2.29. The average Bonchev–Trinajstić information content (AvgIpc) is 2.72. The summed E-state index contributed by atoms with van der Waals surface area (Å²) in [5, 5.41) is 0. The van der Waals surface area contributed by atoms with Gasteiger partial charge in [-0.3, -0.25) is 0 Å². The van der Waals surface area contributed by atoms with E-state index in [1.54, 1.807) is 12.2 Å². The summed E-state index contributed by atoms with van der Waals surface area (Å²) in [5.74, 6) is -0.401. The summed E-state index contributed by atoms with van der Waals surface area (Å²) in [5.41, 5.74) is 0.640. The molecule has 0 amide bonds. The van der Waals surface area contributed by atoms with Crippen molar-refractivity contribution in [3.63, 3.8) is 0 Å². The van der Waals surface area contributed by atoms with Gasteiger partial charge >= 0.3 is 12.1 Å². The van der Waals surface area contributed by atoms with E-state index in [1.165, 1.54) is 18.2 Å². The van der Waals surface area contributed by atoms with Crippen LogP contribution in [0, 0.1) is 0 Å². The fourth-order valence-corrected chi connectivity index (χ4v) is 1.47. The lowest BCUT2D eigenvalue weighted by atomic mass is 10.1. The van der Waals surface area contributed by atoms with E-state index in [-0.39, 0.29) is 6.61 Å². The maximum Gasteiger partial charge on any atom is 0.416 e. The molecule has 2 nitrogen and oxygen atoms in total. The molecular weight excluding hydrogens is 245 g/mol. The van der Waals surface area contributed by atoms with E-state index in [9.17, 15) is 18.0 Å². The van der Waals surface area contributed by atoms with E-state index >= 15 is 0 Å². The van der Waals surface area contributed by atoms with Crippen molar-refractivity contribution in [1.82, 2.24) is 0 Å². The third-order valence-corrected chi connectivity index (χ3v) is 2.41. The monoisotopic (exact) mass is 254 g/mol. The molecule has 0 bridgehead atoms. The molecule has 1 aliphatic heterocycles. The first-order valence-corrected chi connectivity index (χ1v) is 5.18. The third kappa shape index (κ3) is 3.00. The first-order valence-electron chi connectivity index (χ1n) is 5.18. The van der Waals surface area contributed by atoms with Crippen LogP contribution in [0.5, 0.6) is 0 Å². The van der Waals surface area contributed by atoms with Crippen LogP contribution in [0.3, 0.4) is 0 Å². The normalized spacial score (nSPS) is 15.9. The summed E-state index contributed by atoms with van der Waals surface area (Å²) in [6.07, 6.45) is 0.304. The van der Waals surface area contributed by atoms with Gasteiger partial charge in [0.1, 0.15) is 6.61 Å². The quantitative estimate of drug-likeness (QED) is 0.757. The molecular formula is C13H9F3O2. The van der Waals surface area contributed by atoms with Gasteiger partial charge in [-0.2, -0.15) is 13.2 Å². The molecule has 5 heteroatoms. The van der Waals surface area contributed by atoms with Crippen molar-refractivity contribution < 1.29 is 22.7 Å². The van der Waals surface area contributed by atoms with Crippen LogP contribution in [0.4, 0.5) is 13.2 Å². The highest BCUT2D eigenvalue weighted by molar-refractivity contribution is 5.86. The van der Waals surface area contributed by atoms with Crippen LogP contribution in [-0.2, 0) is 15.7 Å². The van der Waals surface area contributed by atoms with Crippen molar-refractivity contribution in [2.75, 3.05) is 6.61 Å². The van der Waals surface area contributed by atoms with Gasteiger partial charge in [-0.15, -0.1) is 0 Å². The smallest absolute Gasteiger partial charge is 0.416 e. The van der Waals surface area contributed by atoms with Crippen molar-refractivity contribution in [3.8, 4) is 0 Å². The summed E-state index contributed by atoms with van der Waals surface area (Å²) in [4.78, 5) is 10.8. The number of alkyl halides is 3. The number of ether oxygens (including phenoxy) is 1. The van der Waals surface area contributed by atoms with Crippen molar-refractivity contribution >= 4 is 12.0 Å². The van der Waals surface area contributed by atoms with Crippen LogP contribution < -0.4 is 0 Å². The summed E-state index contributed by atoms with van der Waals surface area (Å²) in [6, 6.07) is 4.78. The van der Waals surface area contributed by atoms with Gasteiger partial charge in [0.05, 0.1) is 5.56 Å². The Kier molecular flexibility index (Phi) is 3.23. The molecule has 1 heterocycles. The molecule has 0 atom stereocenters. The topological polar surface area (TPSA) is 26.3 Å². The number of esters is 1. The Morgan fingerprint density at radius 2 is 1.78 bits per heavy atom. The molecule has 1 aliphatic rings. The standard InChI is InChI=1S/C13H9F3O2/c14-13(15,16)11-5-3-9(4-6-11)1-2-10-7-12(17)18-8-10/h1-7H,8H2/b2-1+. The number of hydrogen-bond donors (Lipinski definition) is 0. The summed E-state index contributed by atoms with van der Waals surface area (Å²) < 4.78 is 41.6. The van der Waals surface area contributed by atoms with E-state index in [4.69, 9.17) is 0 Å². The zero-order valence-corrected chi connectivity index (χ0v) is 9.20. The van der Waals surface area contributed by atoms with Crippen molar-refractivity contribution in [3.05, 3.63) is 53.1 Å². The van der Waals surface area contributed by atoms with E-state index in [1.807, 2.05) is 0 Å². The number of halogens is 3. The Hall–Kier alpha value is -2.04. The molecule has 1 aromatic carbocycles. The molecule has 94 valence electrons. The molecule has 0 aliphatic carbocycles. The predicted octanol–water partition coefficient (Wildman–Crippen LogP) is 3.20. The first kappa shape index (κ1) is 12.4. The lowest BCUT2D eigenvalue weighted by Crippen LogP contribution is -2.03. The average molecular weight is 254 g/mol. The molecule has 18 heavy (non-hydrogen) atoms. The highest BCUT2D eigenvalue weighted by Gasteiger charge is 2.29. The maximum atomic E-state index is 12.3. The number of rotatable bonds is 2. The van der Waals surface area contributed by atoms with Crippen LogP contribution in [0.1, 0.15) is 11.1 Å². The molecule has 0 radical (unpaired) electrons. The van der Waals surface area contributed by atoms with Gasteiger partial charge in [-0.1, -0.05) is 24.3 Å². The fourth-order valence-electron chi connectivity index (χ4n) is 1.47. The minimum absolute atomic E-state index is 0.204. The molecule has 0 fully saturated rings. The Morgan fingerprint density at radius 1 is 1.11 bits per heavy atom. The zero-order chi connectivity index (χ0) is 13.2. The lowest BCUT2D eigenvalue weighted by molar-refractivity contribution is -0.137. The highest BCUT2D eigenvalue weighted by atomic mass is 19.4. The van der Waals surface area contributed by atoms with Crippen LogP contribution in [0.25, 0.3) is 6.08 Å². The van der Waals surface area contributed by atoms with E-state index < -0.39 is 17.7 Å². The molecule has 0 N–H and O–H groups in total. The molecule has 0 unspecified atom stereocenters. The molecule has 0 saturated heterocycles. The minimum atomic E-state index is -4.32. The second kappa shape index (κ2) is 4.68. The predicted molar refractivity (Wildman–Crippen MR) is 59.5 cm³/mol. The molecule has 0 aromatic heterocycles. The number of benzene rings is 1. The van der Waals surface area contributed by atoms with Gasteiger partial charge in [0, 0.05) is 6.08 Å². The maximum absolute atomic E-state index is 12.3. The van der Waals surface area contributed by atoms with Gasteiger partial charge in [0.15, 0.2) is 0 Å². The molecule has 1 aromatic rings. The van der Waals surface area contributed by atoms with E-state index in [0.29, 0.717) is 11.1 Å². The van der Waals surface area contributed by atoms with E-state index in [0.717, 1.165) is 12.1 Å². The largest absolute Gasteiger partial charge is 0.458 e. The van der Waals surface area contributed by atoms with Crippen molar-refractivity contribution in [2.24, 2.45) is 0 Å². The third-order valence-electron chi connectivity index (χ3n) is 2.41. The number of cyclic esters (lactones) is 1. The van der Waals surface area contributed by atoms with E-state index in [2.05, 4.69) is 4.74 Å². The zero-order valence-electron chi connectivity index (χ0n) is 9.20. The van der Waals surface area contributed by atoms with Crippen LogP contribution >= 0.6 is 0 Å². The van der Waals surface area contributed by atoms with Gasteiger partial charge < -0.3 is 4.74 Å². The Balaban J connectivity index is 2.09. The number of carbonyl (C=O) groups excluding carboxylic acids is 1.